The van der Waals surface area contributed by atoms with E-state index in [2.05, 4.69) is 10.5 Å². The number of rotatable bonds is 2. The molecule has 0 atom stereocenters. The molecule has 0 aliphatic heterocycles. The second kappa shape index (κ2) is 4.64. The van der Waals surface area contributed by atoms with E-state index in [1.165, 1.54) is 0 Å². The van der Waals surface area contributed by atoms with E-state index in [0.717, 1.165) is 5.56 Å². The SMILES string of the molecule is Cc1ccc(NN=C(C#N)C#N)c(O)c1. The number of phenolic OH excluding ortho intramolecular Hbond substituents is 1. The summed E-state index contributed by atoms with van der Waals surface area (Å²) in [5.74, 6) is 0.0222. The van der Waals surface area contributed by atoms with Crippen molar-refractivity contribution in [2.45, 2.75) is 6.92 Å². The molecule has 0 aliphatic rings. The number of nitrogens with zero attached hydrogens (tertiary/aromatic N) is 3. The number of anilines is 1. The number of hydrogen-bond donors (Lipinski definition) is 2. The van der Waals surface area contributed by atoms with Gasteiger partial charge in [-0.2, -0.15) is 15.6 Å². The molecule has 1 rings (SSSR count). The van der Waals surface area contributed by atoms with Crippen molar-refractivity contribution >= 4 is 11.4 Å². The summed E-state index contributed by atoms with van der Waals surface area (Å²) in [5, 5.41) is 29.8. The Balaban J connectivity index is 2.89. The van der Waals surface area contributed by atoms with Gasteiger partial charge in [-0.3, -0.25) is 5.43 Å². The van der Waals surface area contributed by atoms with Crippen LogP contribution in [0.2, 0.25) is 0 Å². The summed E-state index contributed by atoms with van der Waals surface area (Å²) in [7, 11) is 0. The maximum atomic E-state index is 9.45. The molecule has 0 aromatic heterocycles. The first-order valence-electron chi connectivity index (χ1n) is 4.11. The van der Waals surface area contributed by atoms with Crippen LogP contribution in [0.15, 0.2) is 23.3 Å². The van der Waals surface area contributed by atoms with Crippen LogP contribution in [-0.2, 0) is 0 Å². The van der Waals surface area contributed by atoms with Gasteiger partial charge in [-0.25, -0.2) is 0 Å². The average molecular weight is 200 g/mol. The fourth-order valence-electron chi connectivity index (χ4n) is 0.927. The molecular formula is C10H8N4O. The van der Waals surface area contributed by atoms with Gasteiger partial charge < -0.3 is 5.11 Å². The normalized spacial score (nSPS) is 8.47. The molecular weight excluding hydrogens is 192 g/mol. The van der Waals surface area contributed by atoms with Gasteiger partial charge in [0.2, 0.25) is 5.71 Å². The molecule has 0 bridgehead atoms. The van der Waals surface area contributed by atoms with Gasteiger partial charge in [-0.15, -0.1) is 0 Å². The first-order chi connectivity index (χ1) is 7.17. The van der Waals surface area contributed by atoms with Crippen LogP contribution in [0.1, 0.15) is 5.56 Å². The van der Waals surface area contributed by atoms with E-state index in [9.17, 15) is 5.11 Å². The summed E-state index contributed by atoms with van der Waals surface area (Å²) >= 11 is 0. The first kappa shape index (κ1) is 10.6. The minimum absolute atomic E-state index is 0.0222. The molecule has 2 N–H and O–H groups in total. The number of aryl methyl sites for hydroxylation is 1. The Labute approximate surface area is 86.9 Å². The summed E-state index contributed by atoms with van der Waals surface area (Å²) in [6.07, 6.45) is 0. The molecule has 0 fully saturated rings. The van der Waals surface area contributed by atoms with Gasteiger partial charge in [0.1, 0.15) is 17.9 Å². The van der Waals surface area contributed by atoms with Crippen LogP contribution >= 0.6 is 0 Å². The van der Waals surface area contributed by atoms with E-state index in [0.29, 0.717) is 5.69 Å². The molecule has 0 spiro atoms. The molecule has 0 saturated heterocycles. The Morgan fingerprint density at radius 2 is 2.07 bits per heavy atom. The summed E-state index contributed by atoms with van der Waals surface area (Å²) in [4.78, 5) is 0. The third kappa shape index (κ3) is 2.71. The Bertz CT molecular complexity index is 463. The Morgan fingerprint density at radius 1 is 1.40 bits per heavy atom. The van der Waals surface area contributed by atoms with Crippen LogP contribution in [0.5, 0.6) is 5.75 Å². The van der Waals surface area contributed by atoms with Gasteiger partial charge >= 0.3 is 0 Å². The average Bonchev–Trinajstić information content (AvgIpc) is 2.22. The molecule has 0 saturated carbocycles. The molecule has 0 radical (unpaired) electrons. The summed E-state index contributed by atoms with van der Waals surface area (Å²) in [6.45, 7) is 1.84. The number of benzene rings is 1. The van der Waals surface area contributed by atoms with Gasteiger partial charge in [0.15, 0.2) is 0 Å². The fourth-order valence-corrected chi connectivity index (χ4v) is 0.927. The lowest BCUT2D eigenvalue weighted by Crippen LogP contribution is -1.96. The Morgan fingerprint density at radius 3 is 2.60 bits per heavy atom. The van der Waals surface area contributed by atoms with Crippen molar-refractivity contribution in [1.29, 1.82) is 10.5 Å². The molecule has 1 aromatic carbocycles. The van der Waals surface area contributed by atoms with Crippen molar-refractivity contribution in [3.8, 4) is 17.9 Å². The molecule has 0 aliphatic carbocycles. The van der Waals surface area contributed by atoms with E-state index < -0.39 is 0 Å². The zero-order valence-electron chi connectivity index (χ0n) is 8.02. The number of nitriles is 2. The Hall–Kier alpha value is -2.53. The van der Waals surface area contributed by atoms with Crippen LogP contribution in [0.3, 0.4) is 0 Å². The number of phenols is 1. The lowest BCUT2D eigenvalue weighted by atomic mass is 10.2. The quantitative estimate of drug-likeness (QED) is 0.430. The molecule has 5 heteroatoms. The zero-order chi connectivity index (χ0) is 11.3. The number of nitrogens with one attached hydrogen (secondary N) is 1. The highest BCUT2D eigenvalue weighted by Crippen LogP contribution is 2.23. The standard InChI is InChI=1S/C10H8N4O/c1-7-2-3-9(10(15)4-7)14-13-8(5-11)6-12/h2-4,14-15H,1H3. The van der Waals surface area contributed by atoms with Crippen LogP contribution in [0.25, 0.3) is 0 Å². The van der Waals surface area contributed by atoms with Gasteiger partial charge in [0, 0.05) is 0 Å². The van der Waals surface area contributed by atoms with Crippen molar-refractivity contribution in [3.05, 3.63) is 23.8 Å². The van der Waals surface area contributed by atoms with Crippen molar-refractivity contribution < 1.29 is 5.11 Å². The van der Waals surface area contributed by atoms with E-state index in [1.54, 1.807) is 30.3 Å². The zero-order valence-corrected chi connectivity index (χ0v) is 8.02. The summed E-state index contributed by atoms with van der Waals surface area (Å²) < 4.78 is 0. The fraction of sp³-hybridized carbons (Fsp3) is 0.100. The van der Waals surface area contributed by atoms with Gasteiger partial charge in [0.25, 0.3) is 0 Å². The third-order valence-corrected chi connectivity index (χ3v) is 1.65. The van der Waals surface area contributed by atoms with E-state index in [4.69, 9.17) is 10.5 Å². The van der Waals surface area contributed by atoms with Gasteiger partial charge in [-0.1, -0.05) is 6.07 Å². The lowest BCUT2D eigenvalue weighted by Gasteiger charge is -2.03. The molecule has 1 aromatic rings. The van der Waals surface area contributed by atoms with Crippen LogP contribution in [-0.4, -0.2) is 10.8 Å². The second-order valence-corrected chi connectivity index (χ2v) is 2.82. The predicted octanol–water partition coefficient (Wildman–Crippen LogP) is 1.52. The lowest BCUT2D eigenvalue weighted by molar-refractivity contribution is 0.477. The maximum absolute atomic E-state index is 9.45. The number of aromatic hydroxyl groups is 1. The molecule has 0 heterocycles. The van der Waals surface area contributed by atoms with Crippen molar-refractivity contribution in [1.82, 2.24) is 0 Å². The van der Waals surface area contributed by atoms with E-state index in [-0.39, 0.29) is 11.5 Å². The first-order valence-corrected chi connectivity index (χ1v) is 4.11. The minimum atomic E-state index is -0.296. The van der Waals surface area contributed by atoms with Crippen molar-refractivity contribution in [2.24, 2.45) is 5.10 Å². The van der Waals surface area contributed by atoms with Gasteiger partial charge in [0.05, 0.1) is 5.69 Å². The van der Waals surface area contributed by atoms with E-state index >= 15 is 0 Å². The monoisotopic (exact) mass is 200 g/mol. The number of hydrogen-bond acceptors (Lipinski definition) is 5. The minimum Gasteiger partial charge on any atom is -0.506 e. The Kier molecular flexibility index (Phi) is 3.26. The molecule has 0 unspecified atom stereocenters. The smallest absolute Gasteiger partial charge is 0.237 e. The topological polar surface area (TPSA) is 92.2 Å². The second-order valence-electron chi connectivity index (χ2n) is 2.82. The molecule has 15 heavy (non-hydrogen) atoms. The van der Waals surface area contributed by atoms with Crippen LogP contribution < -0.4 is 5.43 Å². The summed E-state index contributed by atoms with van der Waals surface area (Å²) in [6, 6.07) is 8.13. The largest absolute Gasteiger partial charge is 0.506 e. The molecule has 5 nitrogen and oxygen atoms in total. The van der Waals surface area contributed by atoms with Crippen molar-refractivity contribution in [3.63, 3.8) is 0 Å². The van der Waals surface area contributed by atoms with E-state index in [1.807, 2.05) is 6.92 Å². The molecule has 0 amide bonds. The van der Waals surface area contributed by atoms with Gasteiger partial charge in [-0.05, 0) is 24.6 Å². The predicted molar refractivity (Wildman–Crippen MR) is 55.1 cm³/mol. The third-order valence-electron chi connectivity index (χ3n) is 1.65. The molecule has 74 valence electrons. The highest BCUT2D eigenvalue weighted by molar-refractivity contribution is 6.10. The van der Waals surface area contributed by atoms with Crippen molar-refractivity contribution in [2.75, 3.05) is 5.43 Å². The summed E-state index contributed by atoms with van der Waals surface area (Å²) in [5.41, 5.74) is 3.39. The van der Waals surface area contributed by atoms with Crippen LogP contribution in [0.4, 0.5) is 5.69 Å². The number of hydrazone groups is 1. The highest BCUT2D eigenvalue weighted by atomic mass is 16.3. The highest BCUT2D eigenvalue weighted by Gasteiger charge is 2.00. The maximum Gasteiger partial charge on any atom is 0.237 e. The van der Waals surface area contributed by atoms with Crippen LogP contribution in [0, 0.1) is 29.6 Å².